The Morgan fingerprint density at radius 3 is 2.56 bits per heavy atom. The minimum atomic E-state index is 0.135. The predicted molar refractivity (Wildman–Crippen MR) is 102 cm³/mol. The van der Waals surface area contributed by atoms with E-state index in [4.69, 9.17) is 5.11 Å². The molecule has 2 N–H and O–H groups in total. The van der Waals surface area contributed by atoms with Crippen LogP contribution in [0.2, 0.25) is 0 Å². The summed E-state index contributed by atoms with van der Waals surface area (Å²) < 4.78 is 0. The Balaban J connectivity index is 1.28. The predicted octanol–water partition coefficient (Wildman–Crippen LogP) is 2.37. The van der Waals surface area contributed by atoms with Gasteiger partial charge in [0.15, 0.2) is 0 Å². The number of β-amino-alcohol motifs (C(OH)–C–C–N with tert-alkyl or cyclic N) is 1. The molecule has 1 amide bonds. The maximum absolute atomic E-state index is 12.9. The minimum Gasteiger partial charge on any atom is -0.395 e. The third-order valence-corrected chi connectivity index (χ3v) is 7.46. The van der Waals surface area contributed by atoms with Crippen molar-refractivity contribution in [3.63, 3.8) is 0 Å². The molecule has 4 aliphatic carbocycles. The lowest BCUT2D eigenvalue weighted by Gasteiger charge is -2.56. The van der Waals surface area contributed by atoms with Crippen molar-refractivity contribution >= 4 is 11.7 Å². The molecular formula is C21H30N4O2. The second kappa shape index (κ2) is 6.82. The summed E-state index contributed by atoms with van der Waals surface area (Å²) in [7, 11) is 0. The molecule has 0 aromatic carbocycles. The first-order valence-electron chi connectivity index (χ1n) is 10.6. The van der Waals surface area contributed by atoms with Crippen LogP contribution in [0.25, 0.3) is 0 Å². The lowest BCUT2D eigenvalue weighted by Crippen LogP contribution is -2.47. The van der Waals surface area contributed by atoms with Crippen LogP contribution < -0.4 is 5.32 Å². The highest BCUT2D eigenvalue weighted by molar-refractivity contribution is 5.91. The molecule has 27 heavy (non-hydrogen) atoms. The second-order valence-electron chi connectivity index (χ2n) is 9.54. The first-order chi connectivity index (χ1) is 13.1. The van der Waals surface area contributed by atoms with Gasteiger partial charge in [-0.2, -0.15) is 0 Å². The number of hydrogen-bond donors (Lipinski definition) is 2. The van der Waals surface area contributed by atoms with Gasteiger partial charge in [0.2, 0.25) is 5.91 Å². The SMILES string of the molecule is O=C(CC12CC3CC(CC(C3)C1)C2)Nc1ncnc2c1CCN(CCO)C2. The topological polar surface area (TPSA) is 78.4 Å². The Bertz CT molecular complexity index is 700. The van der Waals surface area contributed by atoms with Gasteiger partial charge in [-0.1, -0.05) is 0 Å². The highest BCUT2D eigenvalue weighted by atomic mass is 16.3. The van der Waals surface area contributed by atoms with Crippen molar-refractivity contribution in [2.24, 2.45) is 23.2 Å². The molecule has 146 valence electrons. The Labute approximate surface area is 160 Å². The van der Waals surface area contributed by atoms with Crippen molar-refractivity contribution in [1.29, 1.82) is 0 Å². The third kappa shape index (κ3) is 3.38. The number of aliphatic hydroxyl groups is 1. The number of nitrogens with one attached hydrogen (secondary N) is 1. The van der Waals surface area contributed by atoms with Gasteiger partial charge in [-0.15, -0.1) is 0 Å². The van der Waals surface area contributed by atoms with E-state index in [1.807, 2.05) is 0 Å². The van der Waals surface area contributed by atoms with E-state index in [1.54, 1.807) is 6.33 Å². The molecule has 5 aliphatic rings. The molecule has 4 fully saturated rings. The van der Waals surface area contributed by atoms with Crippen molar-refractivity contribution < 1.29 is 9.90 Å². The van der Waals surface area contributed by atoms with E-state index >= 15 is 0 Å². The second-order valence-corrected chi connectivity index (χ2v) is 9.54. The molecule has 6 nitrogen and oxygen atoms in total. The fourth-order valence-corrected chi connectivity index (χ4v) is 6.87. The molecular weight excluding hydrogens is 340 g/mol. The first-order valence-corrected chi connectivity index (χ1v) is 10.6. The van der Waals surface area contributed by atoms with Crippen LogP contribution in [0.5, 0.6) is 0 Å². The molecule has 1 aromatic rings. The van der Waals surface area contributed by atoms with Crippen LogP contribution >= 0.6 is 0 Å². The third-order valence-electron chi connectivity index (χ3n) is 7.46. The number of rotatable bonds is 5. The van der Waals surface area contributed by atoms with Crippen molar-refractivity contribution in [2.75, 3.05) is 25.0 Å². The Morgan fingerprint density at radius 2 is 1.89 bits per heavy atom. The summed E-state index contributed by atoms with van der Waals surface area (Å²) in [5, 5.41) is 12.3. The van der Waals surface area contributed by atoms with Gasteiger partial charge in [-0.25, -0.2) is 9.97 Å². The van der Waals surface area contributed by atoms with Gasteiger partial charge in [-0.3, -0.25) is 9.69 Å². The molecule has 0 unspecified atom stereocenters. The monoisotopic (exact) mass is 370 g/mol. The van der Waals surface area contributed by atoms with Gasteiger partial charge in [0.1, 0.15) is 12.1 Å². The van der Waals surface area contributed by atoms with E-state index in [1.165, 1.54) is 38.5 Å². The fourth-order valence-electron chi connectivity index (χ4n) is 6.87. The molecule has 0 atom stereocenters. The van der Waals surface area contributed by atoms with Crippen molar-refractivity contribution in [3.05, 3.63) is 17.6 Å². The summed E-state index contributed by atoms with van der Waals surface area (Å²) in [5.74, 6) is 3.45. The normalized spacial score (nSPS) is 34.5. The molecule has 0 saturated heterocycles. The summed E-state index contributed by atoms with van der Waals surface area (Å²) in [5.41, 5.74) is 2.31. The van der Waals surface area contributed by atoms with E-state index in [0.717, 1.165) is 48.5 Å². The van der Waals surface area contributed by atoms with Crippen LogP contribution in [0.1, 0.15) is 56.2 Å². The first kappa shape index (κ1) is 17.6. The summed E-state index contributed by atoms with van der Waals surface area (Å²) in [6.07, 6.45) is 11.0. The van der Waals surface area contributed by atoms with Crippen LogP contribution in [0, 0.1) is 23.2 Å². The average molecular weight is 370 g/mol. The lowest BCUT2D eigenvalue weighted by molar-refractivity contribution is -0.124. The number of amides is 1. The molecule has 4 bridgehead atoms. The summed E-state index contributed by atoms with van der Waals surface area (Å²) in [4.78, 5) is 23.9. The summed E-state index contributed by atoms with van der Waals surface area (Å²) in [6.45, 7) is 2.42. The molecule has 4 saturated carbocycles. The van der Waals surface area contributed by atoms with Gasteiger partial charge in [-0.05, 0) is 68.1 Å². The number of carbonyl (C=O) groups is 1. The fraction of sp³-hybridized carbons (Fsp3) is 0.762. The quantitative estimate of drug-likeness (QED) is 0.832. The van der Waals surface area contributed by atoms with Gasteiger partial charge in [0.25, 0.3) is 0 Å². The maximum atomic E-state index is 12.9. The standard InChI is InChI=1S/C21H30N4O2/c26-4-3-25-2-1-17-18(12-25)22-13-23-20(17)24-19(27)11-21-8-14-5-15(9-21)7-16(6-14)10-21/h13-16,26H,1-12H2,(H,22,23,24,27). The van der Waals surface area contributed by atoms with Crippen molar-refractivity contribution in [3.8, 4) is 0 Å². The Hall–Kier alpha value is -1.53. The molecule has 6 heteroatoms. The van der Waals surface area contributed by atoms with Crippen LogP contribution in [0.4, 0.5) is 5.82 Å². The lowest BCUT2D eigenvalue weighted by atomic mass is 9.49. The zero-order chi connectivity index (χ0) is 18.4. The van der Waals surface area contributed by atoms with Crippen LogP contribution in [-0.4, -0.2) is 45.6 Å². The zero-order valence-electron chi connectivity index (χ0n) is 16.0. The van der Waals surface area contributed by atoms with E-state index in [0.29, 0.717) is 18.8 Å². The van der Waals surface area contributed by atoms with Gasteiger partial charge >= 0.3 is 0 Å². The number of aromatic nitrogens is 2. The van der Waals surface area contributed by atoms with E-state index in [2.05, 4.69) is 20.2 Å². The maximum Gasteiger partial charge on any atom is 0.226 e. The molecule has 1 aliphatic heterocycles. The van der Waals surface area contributed by atoms with E-state index in [9.17, 15) is 4.79 Å². The van der Waals surface area contributed by atoms with E-state index < -0.39 is 0 Å². The number of anilines is 1. The number of fused-ring (bicyclic) bond motifs is 1. The number of carbonyl (C=O) groups excluding carboxylic acids is 1. The van der Waals surface area contributed by atoms with Gasteiger partial charge < -0.3 is 10.4 Å². The van der Waals surface area contributed by atoms with Crippen molar-refractivity contribution in [2.45, 2.75) is 57.9 Å². The smallest absolute Gasteiger partial charge is 0.226 e. The van der Waals surface area contributed by atoms with Gasteiger partial charge in [0, 0.05) is 31.6 Å². The summed E-state index contributed by atoms with van der Waals surface area (Å²) >= 11 is 0. The van der Waals surface area contributed by atoms with Crippen molar-refractivity contribution in [1.82, 2.24) is 14.9 Å². The number of nitrogens with zero attached hydrogens (tertiary/aromatic N) is 3. The van der Waals surface area contributed by atoms with Crippen LogP contribution in [0.15, 0.2) is 6.33 Å². The molecule has 1 aromatic heterocycles. The van der Waals surface area contributed by atoms with E-state index in [-0.39, 0.29) is 17.9 Å². The number of hydrogen-bond acceptors (Lipinski definition) is 5. The molecule has 0 radical (unpaired) electrons. The Morgan fingerprint density at radius 1 is 1.19 bits per heavy atom. The summed E-state index contributed by atoms with van der Waals surface area (Å²) in [6, 6.07) is 0. The zero-order valence-corrected chi connectivity index (χ0v) is 16.0. The largest absolute Gasteiger partial charge is 0.395 e. The minimum absolute atomic E-state index is 0.135. The average Bonchev–Trinajstić information content (AvgIpc) is 2.60. The van der Waals surface area contributed by atoms with Gasteiger partial charge in [0.05, 0.1) is 12.3 Å². The number of aliphatic hydroxyl groups excluding tert-OH is 1. The highest BCUT2D eigenvalue weighted by Crippen LogP contribution is 2.61. The molecule has 0 spiro atoms. The molecule has 2 heterocycles. The molecule has 6 rings (SSSR count). The Kier molecular flexibility index (Phi) is 4.43. The van der Waals surface area contributed by atoms with Crippen LogP contribution in [0.3, 0.4) is 0 Å². The highest BCUT2D eigenvalue weighted by Gasteiger charge is 2.51. The van der Waals surface area contributed by atoms with Crippen LogP contribution in [-0.2, 0) is 17.8 Å².